The SMILES string of the molecule is c1ccc(Oc2ccccc2N2CCN(CCCc3c[nH]c4ccccc34)CC2)cc1. The van der Waals surface area contributed by atoms with E-state index in [4.69, 9.17) is 4.74 Å². The quantitative estimate of drug-likeness (QED) is 0.422. The summed E-state index contributed by atoms with van der Waals surface area (Å²) in [5.41, 5.74) is 3.86. The van der Waals surface area contributed by atoms with Gasteiger partial charge in [-0.15, -0.1) is 0 Å². The summed E-state index contributed by atoms with van der Waals surface area (Å²) in [6.07, 6.45) is 4.49. The summed E-state index contributed by atoms with van der Waals surface area (Å²) in [6, 6.07) is 27.0. The topological polar surface area (TPSA) is 31.5 Å². The number of aromatic amines is 1. The predicted molar refractivity (Wildman–Crippen MR) is 128 cm³/mol. The van der Waals surface area contributed by atoms with Crippen LogP contribution < -0.4 is 9.64 Å². The number of benzene rings is 3. The molecule has 0 aliphatic carbocycles. The number of piperazine rings is 1. The molecule has 1 aromatic heterocycles. The summed E-state index contributed by atoms with van der Waals surface area (Å²) < 4.78 is 6.17. The fourth-order valence-corrected chi connectivity index (χ4v) is 4.46. The van der Waals surface area contributed by atoms with Crippen molar-refractivity contribution in [3.05, 3.63) is 90.6 Å². The first kappa shape index (κ1) is 19.7. The van der Waals surface area contributed by atoms with Crippen molar-refractivity contribution < 1.29 is 4.74 Å². The third-order valence-corrected chi connectivity index (χ3v) is 6.14. The van der Waals surface area contributed by atoms with E-state index in [1.807, 2.05) is 36.4 Å². The smallest absolute Gasteiger partial charge is 0.150 e. The summed E-state index contributed by atoms with van der Waals surface area (Å²) >= 11 is 0. The number of hydrogen-bond donors (Lipinski definition) is 1. The number of hydrogen-bond acceptors (Lipinski definition) is 3. The van der Waals surface area contributed by atoms with Gasteiger partial charge in [0.05, 0.1) is 5.69 Å². The van der Waals surface area contributed by atoms with E-state index in [2.05, 4.69) is 63.4 Å². The molecule has 4 nitrogen and oxygen atoms in total. The first-order chi connectivity index (χ1) is 15.4. The van der Waals surface area contributed by atoms with E-state index in [0.717, 1.165) is 50.6 Å². The minimum atomic E-state index is 0.880. The normalized spacial score (nSPS) is 14.8. The average molecular weight is 412 g/mol. The van der Waals surface area contributed by atoms with E-state index in [-0.39, 0.29) is 0 Å². The van der Waals surface area contributed by atoms with Gasteiger partial charge in [-0.1, -0.05) is 48.5 Å². The third kappa shape index (κ3) is 4.59. The molecule has 0 spiro atoms. The minimum Gasteiger partial charge on any atom is -0.455 e. The molecule has 31 heavy (non-hydrogen) atoms. The molecule has 0 atom stereocenters. The second-order valence-corrected chi connectivity index (χ2v) is 8.17. The Morgan fingerprint density at radius 1 is 0.774 bits per heavy atom. The lowest BCUT2D eigenvalue weighted by atomic mass is 10.1. The van der Waals surface area contributed by atoms with Crippen LogP contribution in [0.4, 0.5) is 5.69 Å². The number of fused-ring (bicyclic) bond motifs is 1. The Morgan fingerprint density at radius 3 is 2.39 bits per heavy atom. The molecule has 158 valence electrons. The highest BCUT2D eigenvalue weighted by Gasteiger charge is 2.19. The number of para-hydroxylation sites is 4. The number of H-pyrrole nitrogens is 1. The fraction of sp³-hybridized carbons (Fsp3) is 0.259. The van der Waals surface area contributed by atoms with Crippen molar-refractivity contribution in [1.29, 1.82) is 0 Å². The molecule has 4 heteroatoms. The summed E-state index contributed by atoms with van der Waals surface area (Å²) in [5, 5.41) is 1.36. The second-order valence-electron chi connectivity index (χ2n) is 8.17. The molecular formula is C27H29N3O. The fourth-order valence-electron chi connectivity index (χ4n) is 4.46. The number of nitrogens with one attached hydrogen (secondary N) is 1. The van der Waals surface area contributed by atoms with Crippen LogP contribution in [0.3, 0.4) is 0 Å². The van der Waals surface area contributed by atoms with E-state index >= 15 is 0 Å². The summed E-state index contributed by atoms with van der Waals surface area (Å²) in [5.74, 6) is 1.81. The Hall–Kier alpha value is -3.24. The molecule has 0 saturated carbocycles. The van der Waals surface area contributed by atoms with Crippen LogP contribution in [0.5, 0.6) is 11.5 Å². The predicted octanol–water partition coefficient (Wildman–Crippen LogP) is 5.72. The number of aryl methyl sites for hydroxylation is 1. The molecule has 1 fully saturated rings. The minimum absolute atomic E-state index is 0.880. The van der Waals surface area contributed by atoms with Crippen molar-refractivity contribution in [2.45, 2.75) is 12.8 Å². The number of anilines is 1. The van der Waals surface area contributed by atoms with Crippen LogP contribution in [0.15, 0.2) is 85.1 Å². The number of rotatable bonds is 7. The molecule has 4 aromatic rings. The molecule has 5 rings (SSSR count). The molecular weight excluding hydrogens is 382 g/mol. The molecule has 1 saturated heterocycles. The first-order valence-electron chi connectivity index (χ1n) is 11.2. The third-order valence-electron chi connectivity index (χ3n) is 6.14. The van der Waals surface area contributed by atoms with Gasteiger partial charge in [0.15, 0.2) is 5.75 Å². The van der Waals surface area contributed by atoms with Crippen LogP contribution >= 0.6 is 0 Å². The van der Waals surface area contributed by atoms with Crippen molar-refractivity contribution in [2.24, 2.45) is 0 Å². The van der Waals surface area contributed by atoms with Gasteiger partial charge in [-0.25, -0.2) is 0 Å². The van der Waals surface area contributed by atoms with Crippen molar-refractivity contribution >= 4 is 16.6 Å². The Bertz CT molecular complexity index is 1110. The van der Waals surface area contributed by atoms with Crippen LogP contribution in [0.2, 0.25) is 0 Å². The van der Waals surface area contributed by atoms with E-state index in [0.29, 0.717) is 0 Å². The van der Waals surface area contributed by atoms with Crippen molar-refractivity contribution in [1.82, 2.24) is 9.88 Å². The maximum atomic E-state index is 6.17. The largest absolute Gasteiger partial charge is 0.455 e. The molecule has 0 radical (unpaired) electrons. The van der Waals surface area contributed by atoms with E-state index < -0.39 is 0 Å². The zero-order valence-corrected chi connectivity index (χ0v) is 17.8. The first-order valence-corrected chi connectivity index (χ1v) is 11.2. The molecule has 0 unspecified atom stereocenters. The van der Waals surface area contributed by atoms with Crippen LogP contribution in [0.1, 0.15) is 12.0 Å². The van der Waals surface area contributed by atoms with Crippen molar-refractivity contribution in [3.63, 3.8) is 0 Å². The standard InChI is InChI=1S/C27H29N3O/c1-2-10-23(11-3-1)31-27-15-7-6-14-26(27)30-19-17-29(18-20-30)16-8-9-22-21-28-25-13-5-4-12-24(22)25/h1-7,10-15,21,28H,8-9,16-20H2. The molecule has 1 aliphatic rings. The highest BCUT2D eigenvalue weighted by Crippen LogP contribution is 2.32. The monoisotopic (exact) mass is 411 g/mol. The Balaban J connectivity index is 1.15. The van der Waals surface area contributed by atoms with Gasteiger partial charge in [-0.3, -0.25) is 4.90 Å². The highest BCUT2D eigenvalue weighted by molar-refractivity contribution is 5.83. The lowest BCUT2D eigenvalue weighted by molar-refractivity contribution is 0.254. The molecule has 1 N–H and O–H groups in total. The highest BCUT2D eigenvalue weighted by atomic mass is 16.5. The zero-order chi connectivity index (χ0) is 20.9. The van der Waals surface area contributed by atoms with Gasteiger partial charge in [0.1, 0.15) is 5.75 Å². The molecule has 2 heterocycles. The van der Waals surface area contributed by atoms with Crippen LogP contribution in [-0.2, 0) is 6.42 Å². The van der Waals surface area contributed by atoms with E-state index in [9.17, 15) is 0 Å². The van der Waals surface area contributed by atoms with Gasteiger partial charge in [0.2, 0.25) is 0 Å². The van der Waals surface area contributed by atoms with Gasteiger partial charge in [0, 0.05) is 43.3 Å². The lowest BCUT2D eigenvalue weighted by Crippen LogP contribution is -2.46. The van der Waals surface area contributed by atoms with E-state index in [1.165, 1.54) is 28.6 Å². The summed E-state index contributed by atoms with van der Waals surface area (Å²) in [6.45, 7) is 5.39. The van der Waals surface area contributed by atoms with Gasteiger partial charge >= 0.3 is 0 Å². The van der Waals surface area contributed by atoms with Crippen LogP contribution in [0, 0.1) is 0 Å². The van der Waals surface area contributed by atoms with Crippen LogP contribution in [0.25, 0.3) is 10.9 Å². The molecule has 1 aliphatic heterocycles. The Kier molecular flexibility index (Phi) is 5.90. The van der Waals surface area contributed by atoms with E-state index in [1.54, 1.807) is 0 Å². The molecule has 3 aromatic carbocycles. The number of aromatic nitrogens is 1. The number of nitrogens with zero attached hydrogens (tertiary/aromatic N) is 2. The van der Waals surface area contributed by atoms with Crippen molar-refractivity contribution in [2.75, 3.05) is 37.6 Å². The zero-order valence-electron chi connectivity index (χ0n) is 17.8. The Morgan fingerprint density at radius 2 is 1.52 bits per heavy atom. The van der Waals surface area contributed by atoms with Gasteiger partial charge < -0.3 is 14.6 Å². The van der Waals surface area contributed by atoms with Gasteiger partial charge in [0.25, 0.3) is 0 Å². The van der Waals surface area contributed by atoms with Gasteiger partial charge in [-0.2, -0.15) is 0 Å². The molecule has 0 bridgehead atoms. The second kappa shape index (κ2) is 9.27. The lowest BCUT2D eigenvalue weighted by Gasteiger charge is -2.36. The Labute approximate surface area is 184 Å². The average Bonchev–Trinajstić information content (AvgIpc) is 3.24. The number of ether oxygens (including phenoxy) is 1. The van der Waals surface area contributed by atoms with Crippen LogP contribution in [-0.4, -0.2) is 42.6 Å². The van der Waals surface area contributed by atoms with Gasteiger partial charge in [-0.05, 0) is 55.3 Å². The van der Waals surface area contributed by atoms with Crippen molar-refractivity contribution in [3.8, 4) is 11.5 Å². The maximum Gasteiger partial charge on any atom is 0.150 e. The summed E-state index contributed by atoms with van der Waals surface area (Å²) in [4.78, 5) is 8.43. The summed E-state index contributed by atoms with van der Waals surface area (Å²) in [7, 11) is 0. The molecule has 0 amide bonds. The maximum absolute atomic E-state index is 6.17.